The summed E-state index contributed by atoms with van der Waals surface area (Å²) in [5.41, 5.74) is 1.93. The van der Waals surface area contributed by atoms with Gasteiger partial charge in [0.05, 0.1) is 5.56 Å². The van der Waals surface area contributed by atoms with Gasteiger partial charge in [0, 0.05) is 17.7 Å². The van der Waals surface area contributed by atoms with Crippen LogP contribution in [0, 0.1) is 17.7 Å². The van der Waals surface area contributed by atoms with Crippen LogP contribution in [0.2, 0.25) is 0 Å². The fourth-order valence-corrected chi connectivity index (χ4v) is 1.80. The summed E-state index contributed by atoms with van der Waals surface area (Å²) in [7, 11) is 0. The lowest BCUT2D eigenvalue weighted by Crippen LogP contribution is -2.24. The number of hydrogen-bond acceptors (Lipinski definition) is 1. The van der Waals surface area contributed by atoms with E-state index in [1.165, 1.54) is 12.1 Å². The summed E-state index contributed by atoms with van der Waals surface area (Å²) in [6.07, 6.45) is 0.884. The second kappa shape index (κ2) is 7.25. The summed E-state index contributed by atoms with van der Waals surface area (Å²) in [6.45, 7) is 2.64. The average molecular weight is 281 g/mol. The van der Waals surface area contributed by atoms with E-state index in [1.54, 1.807) is 24.3 Å². The molecule has 3 heteroatoms. The SMILES string of the molecule is CCCNC(=O)c1ccccc1C#Cc1ccc(F)cc1. The standard InChI is InChI=1S/C18H16FNO/c1-2-13-20-18(21)17-6-4-3-5-15(17)10-7-14-8-11-16(19)12-9-14/h3-6,8-9,11-12H,2,13H2,1H3,(H,20,21). The van der Waals surface area contributed by atoms with Gasteiger partial charge < -0.3 is 5.32 Å². The highest BCUT2D eigenvalue weighted by Gasteiger charge is 2.08. The van der Waals surface area contributed by atoms with E-state index in [0.717, 1.165) is 6.42 Å². The van der Waals surface area contributed by atoms with E-state index < -0.39 is 0 Å². The predicted octanol–water partition coefficient (Wildman–Crippen LogP) is 3.37. The minimum Gasteiger partial charge on any atom is -0.352 e. The van der Waals surface area contributed by atoms with Gasteiger partial charge in [0.2, 0.25) is 0 Å². The third kappa shape index (κ3) is 4.19. The fourth-order valence-electron chi connectivity index (χ4n) is 1.80. The van der Waals surface area contributed by atoms with Gasteiger partial charge in [-0.05, 0) is 42.8 Å². The van der Waals surface area contributed by atoms with Crippen molar-refractivity contribution in [1.82, 2.24) is 5.32 Å². The van der Waals surface area contributed by atoms with Crippen LogP contribution in [0.5, 0.6) is 0 Å². The number of hydrogen-bond donors (Lipinski definition) is 1. The molecule has 2 rings (SSSR count). The van der Waals surface area contributed by atoms with Crippen LogP contribution in [0.25, 0.3) is 0 Å². The molecule has 21 heavy (non-hydrogen) atoms. The molecule has 0 aromatic heterocycles. The van der Waals surface area contributed by atoms with Gasteiger partial charge in [0.15, 0.2) is 0 Å². The summed E-state index contributed by atoms with van der Waals surface area (Å²) in [4.78, 5) is 12.1. The summed E-state index contributed by atoms with van der Waals surface area (Å²) in [5.74, 6) is 5.50. The number of nitrogens with one attached hydrogen (secondary N) is 1. The number of halogens is 1. The lowest BCUT2D eigenvalue weighted by molar-refractivity contribution is 0.0953. The zero-order chi connectivity index (χ0) is 15.1. The van der Waals surface area contributed by atoms with Gasteiger partial charge in [-0.25, -0.2) is 4.39 Å². The first-order valence-electron chi connectivity index (χ1n) is 6.85. The molecule has 1 amide bonds. The van der Waals surface area contributed by atoms with Gasteiger partial charge in [-0.1, -0.05) is 30.9 Å². The van der Waals surface area contributed by atoms with Gasteiger partial charge >= 0.3 is 0 Å². The van der Waals surface area contributed by atoms with E-state index in [1.807, 2.05) is 19.1 Å². The lowest BCUT2D eigenvalue weighted by atomic mass is 10.1. The molecule has 0 saturated heterocycles. The molecule has 0 aliphatic heterocycles. The Morgan fingerprint density at radius 3 is 2.52 bits per heavy atom. The maximum absolute atomic E-state index is 12.8. The molecule has 0 aliphatic rings. The number of amides is 1. The second-order valence-electron chi connectivity index (χ2n) is 4.56. The number of rotatable bonds is 3. The van der Waals surface area contributed by atoms with Crippen LogP contribution in [0.15, 0.2) is 48.5 Å². The Hall–Kier alpha value is -2.60. The monoisotopic (exact) mass is 281 g/mol. The highest BCUT2D eigenvalue weighted by atomic mass is 19.1. The Kier molecular flexibility index (Phi) is 5.11. The molecule has 0 aliphatic carbocycles. The topological polar surface area (TPSA) is 29.1 Å². The molecule has 0 heterocycles. The van der Waals surface area contributed by atoms with Crippen LogP contribution in [-0.4, -0.2) is 12.5 Å². The maximum atomic E-state index is 12.8. The van der Waals surface area contributed by atoms with Gasteiger partial charge in [-0.3, -0.25) is 4.79 Å². The smallest absolute Gasteiger partial charge is 0.252 e. The van der Waals surface area contributed by atoms with E-state index in [-0.39, 0.29) is 11.7 Å². The van der Waals surface area contributed by atoms with Crippen molar-refractivity contribution in [2.24, 2.45) is 0 Å². The van der Waals surface area contributed by atoms with Crippen molar-refractivity contribution in [1.29, 1.82) is 0 Å². The Morgan fingerprint density at radius 1 is 1.10 bits per heavy atom. The van der Waals surface area contributed by atoms with Gasteiger partial charge in [0.1, 0.15) is 5.82 Å². The van der Waals surface area contributed by atoms with Crippen LogP contribution in [0.1, 0.15) is 34.8 Å². The largest absolute Gasteiger partial charge is 0.352 e. The summed E-state index contributed by atoms with van der Waals surface area (Å²) < 4.78 is 12.8. The molecule has 0 unspecified atom stereocenters. The molecule has 0 spiro atoms. The number of benzene rings is 2. The van der Waals surface area contributed by atoms with Crippen LogP contribution >= 0.6 is 0 Å². The first-order valence-corrected chi connectivity index (χ1v) is 6.85. The van der Waals surface area contributed by atoms with E-state index >= 15 is 0 Å². The summed E-state index contributed by atoms with van der Waals surface area (Å²) in [6, 6.07) is 13.2. The van der Waals surface area contributed by atoms with E-state index in [4.69, 9.17) is 0 Å². The Balaban J connectivity index is 2.25. The number of carbonyl (C=O) groups excluding carboxylic acids is 1. The molecule has 0 fully saturated rings. The van der Waals surface area contributed by atoms with Crippen molar-refractivity contribution in [2.75, 3.05) is 6.54 Å². The van der Waals surface area contributed by atoms with Crippen LogP contribution in [0.3, 0.4) is 0 Å². The zero-order valence-corrected chi connectivity index (χ0v) is 11.8. The quantitative estimate of drug-likeness (QED) is 0.859. The molecular weight excluding hydrogens is 265 g/mol. The molecule has 0 radical (unpaired) electrons. The van der Waals surface area contributed by atoms with Gasteiger partial charge in [0.25, 0.3) is 5.91 Å². The molecule has 106 valence electrons. The summed E-state index contributed by atoms with van der Waals surface area (Å²) >= 11 is 0. The van der Waals surface area contributed by atoms with Crippen molar-refractivity contribution in [3.63, 3.8) is 0 Å². The zero-order valence-electron chi connectivity index (χ0n) is 11.8. The Morgan fingerprint density at radius 2 is 1.81 bits per heavy atom. The minimum atomic E-state index is -0.292. The third-order valence-corrected chi connectivity index (χ3v) is 2.89. The van der Waals surface area contributed by atoms with Crippen molar-refractivity contribution < 1.29 is 9.18 Å². The van der Waals surface area contributed by atoms with Crippen LogP contribution < -0.4 is 5.32 Å². The second-order valence-corrected chi connectivity index (χ2v) is 4.56. The van der Waals surface area contributed by atoms with Gasteiger partial charge in [-0.2, -0.15) is 0 Å². The molecule has 1 N–H and O–H groups in total. The van der Waals surface area contributed by atoms with E-state index in [0.29, 0.717) is 23.2 Å². The highest BCUT2D eigenvalue weighted by Crippen LogP contribution is 2.08. The van der Waals surface area contributed by atoms with Crippen LogP contribution in [0.4, 0.5) is 4.39 Å². The molecule has 0 atom stereocenters. The average Bonchev–Trinajstić information content (AvgIpc) is 2.52. The van der Waals surface area contributed by atoms with Gasteiger partial charge in [-0.15, -0.1) is 0 Å². The van der Waals surface area contributed by atoms with Crippen molar-refractivity contribution in [3.05, 3.63) is 71.0 Å². The molecule has 0 saturated carbocycles. The first-order chi connectivity index (χ1) is 10.2. The molecule has 2 aromatic carbocycles. The predicted molar refractivity (Wildman–Crippen MR) is 81.4 cm³/mol. The fraction of sp³-hybridized carbons (Fsp3) is 0.167. The number of carbonyl (C=O) groups is 1. The first kappa shape index (κ1) is 14.8. The molecule has 0 bridgehead atoms. The van der Waals surface area contributed by atoms with E-state index in [2.05, 4.69) is 17.2 Å². The minimum absolute atomic E-state index is 0.124. The maximum Gasteiger partial charge on any atom is 0.252 e. The highest BCUT2D eigenvalue weighted by molar-refractivity contribution is 5.96. The van der Waals surface area contributed by atoms with E-state index in [9.17, 15) is 9.18 Å². The Bertz CT molecular complexity index is 680. The van der Waals surface area contributed by atoms with Crippen LogP contribution in [-0.2, 0) is 0 Å². The Labute approximate surface area is 124 Å². The van der Waals surface area contributed by atoms with Crippen molar-refractivity contribution in [3.8, 4) is 11.8 Å². The molecular formula is C18H16FNO. The van der Waals surface area contributed by atoms with Crippen molar-refractivity contribution in [2.45, 2.75) is 13.3 Å². The normalized spacial score (nSPS) is 9.62. The lowest BCUT2D eigenvalue weighted by Gasteiger charge is -2.05. The summed E-state index contributed by atoms with van der Waals surface area (Å²) in [5, 5.41) is 2.84. The molecule has 2 aromatic rings. The van der Waals surface area contributed by atoms with Crippen molar-refractivity contribution >= 4 is 5.91 Å². The third-order valence-electron chi connectivity index (χ3n) is 2.89. The molecule has 2 nitrogen and oxygen atoms in total.